The van der Waals surface area contributed by atoms with Crippen molar-refractivity contribution in [1.29, 1.82) is 0 Å². The zero-order valence-electron chi connectivity index (χ0n) is 15.9. The van der Waals surface area contributed by atoms with Gasteiger partial charge in [0.25, 0.3) is 0 Å². The number of pyridine rings is 1. The molecule has 0 saturated heterocycles. The quantitative estimate of drug-likeness (QED) is 0.727. The molecule has 0 aliphatic heterocycles. The summed E-state index contributed by atoms with van der Waals surface area (Å²) < 4.78 is 22.3. The average molecular weight is 397 g/mol. The maximum Gasteiger partial charge on any atom is 0.221 e. The molecule has 1 unspecified atom stereocenters. The van der Waals surface area contributed by atoms with Crippen molar-refractivity contribution < 1.29 is 14.0 Å². The summed E-state index contributed by atoms with van der Waals surface area (Å²) in [4.78, 5) is 4.59. The summed E-state index contributed by atoms with van der Waals surface area (Å²) in [5.74, 6) is 1.06. The first-order valence-corrected chi connectivity index (χ1v) is 9.85. The van der Waals surface area contributed by atoms with Crippen LogP contribution in [-0.2, 0) is 11.4 Å². The highest BCUT2D eigenvalue weighted by atomic mass is 35.5. The summed E-state index contributed by atoms with van der Waals surface area (Å²) in [6.45, 7) is 9.43. The van der Waals surface area contributed by atoms with Crippen LogP contribution >= 0.6 is 11.6 Å². The van der Waals surface area contributed by atoms with Gasteiger partial charge in [-0.1, -0.05) is 11.6 Å². The topological polar surface area (TPSA) is 80.4 Å². The normalized spacial score (nSPS) is 14.0. The Hall–Kier alpha value is -1.47. The summed E-state index contributed by atoms with van der Waals surface area (Å²) in [6, 6.07) is 5.58. The number of nitrogens with two attached hydrogens (primary N) is 1. The number of aromatic nitrogens is 1. The van der Waals surface area contributed by atoms with Crippen LogP contribution in [0.4, 0.5) is 0 Å². The fourth-order valence-corrected chi connectivity index (χ4v) is 3.11. The van der Waals surface area contributed by atoms with Gasteiger partial charge in [0.05, 0.1) is 23.8 Å². The van der Waals surface area contributed by atoms with Gasteiger partial charge in [-0.3, -0.25) is 0 Å². The van der Waals surface area contributed by atoms with Crippen LogP contribution in [0.2, 0.25) is 5.02 Å². The molecule has 2 N–H and O–H groups in total. The van der Waals surface area contributed by atoms with Gasteiger partial charge >= 0.3 is 0 Å². The first-order chi connectivity index (χ1) is 12.0. The van der Waals surface area contributed by atoms with Crippen molar-refractivity contribution in [2.75, 3.05) is 7.11 Å². The molecule has 142 valence electrons. The Morgan fingerprint density at radius 2 is 2.00 bits per heavy atom. The lowest BCUT2D eigenvalue weighted by molar-refractivity contribution is 0.243. The molecule has 0 spiro atoms. The number of allylic oxidation sites excluding steroid dienone is 1. The van der Waals surface area contributed by atoms with E-state index in [0.717, 1.165) is 22.0 Å². The van der Waals surface area contributed by atoms with Gasteiger partial charge in [0, 0.05) is 28.4 Å². The number of ether oxygens (including phenoxy) is 2. The number of rotatable bonds is 6. The van der Waals surface area contributed by atoms with E-state index in [2.05, 4.69) is 4.98 Å². The molecular weight excluding hydrogens is 372 g/mol. The van der Waals surface area contributed by atoms with Gasteiger partial charge in [0.1, 0.15) is 5.75 Å². The van der Waals surface area contributed by atoms with E-state index in [4.69, 9.17) is 26.2 Å². The lowest BCUT2D eigenvalue weighted by atomic mass is 10.0. The molecule has 0 aliphatic rings. The van der Waals surface area contributed by atoms with Crippen LogP contribution in [0.15, 0.2) is 24.3 Å². The van der Waals surface area contributed by atoms with E-state index in [1.54, 1.807) is 7.11 Å². The minimum atomic E-state index is -1.49. The van der Waals surface area contributed by atoms with Crippen LogP contribution in [0.3, 0.4) is 0 Å². The zero-order chi connectivity index (χ0) is 19.6. The lowest BCUT2D eigenvalue weighted by Gasteiger charge is -2.22. The van der Waals surface area contributed by atoms with Crippen molar-refractivity contribution >= 4 is 39.4 Å². The minimum Gasteiger partial charge on any atom is -0.598 e. The molecule has 0 amide bonds. The Morgan fingerprint density at radius 1 is 1.35 bits per heavy atom. The number of methoxy groups -OCH3 is 1. The van der Waals surface area contributed by atoms with Gasteiger partial charge in [-0.2, -0.15) is 5.14 Å². The van der Waals surface area contributed by atoms with Crippen LogP contribution in [0.5, 0.6) is 11.6 Å². The van der Waals surface area contributed by atoms with E-state index in [1.807, 2.05) is 58.9 Å². The van der Waals surface area contributed by atoms with Gasteiger partial charge in [0.15, 0.2) is 4.75 Å². The molecule has 2 aromatic rings. The largest absolute Gasteiger partial charge is 0.598 e. The molecule has 0 fully saturated rings. The highest BCUT2D eigenvalue weighted by Crippen LogP contribution is 2.35. The Morgan fingerprint density at radius 3 is 2.54 bits per heavy atom. The Labute approximate surface area is 162 Å². The lowest BCUT2D eigenvalue weighted by Crippen LogP contribution is -2.36. The monoisotopic (exact) mass is 396 g/mol. The van der Waals surface area contributed by atoms with Crippen LogP contribution in [0.1, 0.15) is 40.2 Å². The molecular formula is C19H25ClN2O3S. The van der Waals surface area contributed by atoms with Gasteiger partial charge in [-0.05, 0) is 58.4 Å². The number of hydrogen-bond donors (Lipinski definition) is 1. The summed E-state index contributed by atoms with van der Waals surface area (Å²) in [6.07, 6.45) is 1.88. The highest BCUT2D eigenvalue weighted by molar-refractivity contribution is 7.90. The molecule has 1 atom stereocenters. The second kappa shape index (κ2) is 8.05. The molecule has 1 aromatic heterocycles. The Kier molecular flexibility index (Phi) is 6.45. The number of nitrogens with zero attached hydrogens (tertiary/aromatic N) is 1. The highest BCUT2D eigenvalue weighted by Gasteiger charge is 2.28. The zero-order valence-corrected chi connectivity index (χ0v) is 17.5. The van der Waals surface area contributed by atoms with Crippen molar-refractivity contribution in [1.82, 2.24) is 4.98 Å². The maximum absolute atomic E-state index is 11.7. The Balaban J connectivity index is 2.60. The third kappa shape index (κ3) is 4.62. The average Bonchev–Trinajstić information content (AvgIpc) is 2.53. The van der Waals surface area contributed by atoms with Gasteiger partial charge < -0.3 is 14.0 Å². The number of fused-ring (bicyclic) bond motifs is 1. The first kappa shape index (κ1) is 20.8. The predicted octanol–water partition coefficient (Wildman–Crippen LogP) is 4.49. The molecule has 2 rings (SSSR count). The van der Waals surface area contributed by atoms with Crippen LogP contribution in [0.25, 0.3) is 16.5 Å². The van der Waals surface area contributed by atoms with E-state index < -0.39 is 16.1 Å². The fourth-order valence-electron chi connectivity index (χ4n) is 2.60. The standard InChI is InChI=1S/C19H25ClN2O3S/c1-11(2)25-17-9-16-13(8-15(17)20)7-14(18(22-16)24-6)12(3)10-19(4,5)26(21)23/h7-11H,21H2,1-6H3. The smallest absolute Gasteiger partial charge is 0.221 e. The fraction of sp³-hybridized carbons (Fsp3) is 0.421. The van der Waals surface area contributed by atoms with E-state index in [1.165, 1.54) is 0 Å². The molecule has 5 nitrogen and oxygen atoms in total. The predicted molar refractivity (Wildman–Crippen MR) is 109 cm³/mol. The molecule has 0 saturated carbocycles. The third-order valence-corrected chi connectivity index (χ3v) is 5.35. The van der Waals surface area contributed by atoms with Crippen molar-refractivity contribution in [3.8, 4) is 11.6 Å². The second-order valence-corrected chi connectivity index (χ2v) is 8.97. The maximum atomic E-state index is 11.7. The van der Waals surface area contributed by atoms with Crippen molar-refractivity contribution in [2.24, 2.45) is 5.14 Å². The van der Waals surface area contributed by atoms with E-state index >= 15 is 0 Å². The molecule has 1 aromatic carbocycles. The minimum absolute atomic E-state index is 0.00987. The van der Waals surface area contributed by atoms with Crippen molar-refractivity contribution in [2.45, 2.75) is 45.5 Å². The van der Waals surface area contributed by atoms with Crippen molar-refractivity contribution in [3.05, 3.63) is 34.9 Å². The summed E-state index contributed by atoms with van der Waals surface area (Å²) in [5.41, 5.74) is 2.39. The number of hydrogen-bond acceptors (Lipinski definition) is 5. The summed E-state index contributed by atoms with van der Waals surface area (Å²) in [7, 11) is 1.57. The molecule has 26 heavy (non-hydrogen) atoms. The third-order valence-electron chi connectivity index (χ3n) is 3.90. The van der Waals surface area contributed by atoms with E-state index in [0.29, 0.717) is 16.7 Å². The molecule has 7 heteroatoms. The van der Waals surface area contributed by atoms with Gasteiger partial charge in [-0.25, -0.2) is 4.98 Å². The molecule has 0 bridgehead atoms. The van der Waals surface area contributed by atoms with Gasteiger partial charge in [-0.15, -0.1) is 0 Å². The van der Waals surface area contributed by atoms with E-state index in [-0.39, 0.29) is 6.10 Å². The molecule has 0 radical (unpaired) electrons. The van der Waals surface area contributed by atoms with Crippen LogP contribution in [-0.4, -0.2) is 27.5 Å². The molecule has 1 heterocycles. The van der Waals surface area contributed by atoms with Gasteiger partial charge in [0.2, 0.25) is 5.88 Å². The molecule has 0 aliphatic carbocycles. The summed E-state index contributed by atoms with van der Waals surface area (Å²) in [5, 5.41) is 6.97. The number of halogens is 1. The van der Waals surface area contributed by atoms with Crippen LogP contribution in [0, 0.1) is 0 Å². The SMILES string of the molecule is COc1nc2cc(OC(C)C)c(Cl)cc2cc1C(C)=CC(C)(C)[S+](N)[O-]. The summed E-state index contributed by atoms with van der Waals surface area (Å²) >= 11 is 4.85. The Bertz CT molecular complexity index is 835. The van der Waals surface area contributed by atoms with Crippen LogP contribution < -0.4 is 14.6 Å². The number of benzene rings is 1. The van der Waals surface area contributed by atoms with E-state index in [9.17, 15) is 4.55 Å². The first-order valence-electron chi connectivity index (χ1n) is 8.26. The second-order valence-electron chi connectivity index (χ2n) is 6.92. The van der Waals surface area contributed by atoms with Crippen molar-refractivity contribution in [3.63, 3.8) is 0 Å².